The van der Waals surface area contributed by atoms with Gasteiger partial charge in [-0.3, -0.25) is 0 Å². The van der Waals surface area contributed by atoms with E-state index in [9.17, 15) is 4.79 Å². The Morgan fingerprint density at radius 3 is 2.70 bits per heavy atom. The first-order valence-corrected chi connectivity index (χ1v) is 6.77. The molecule has 20 heavy (non-hydrogen) atoms. The molecule has 1 aromatic heterocycles. The van der Waals surface area contributed by atoms with Crippen LogP contribution in [0.2, 0.25) is 0 Å². The van der Waals surface area contributed by atoms with Crippen LogP contribution in [0.4, 0.5) is 0 Å². The van der Waals surface area contributed by atoms with Gasteiger partial charge < -0.3 is 19.2 Å². The van der Waals surface area contributed by atoms with Crippen molar-refractivity contribution in [3.05, 3.63) is 23.2 Å². The van der Waals surface area contributed by atoms with Crippen LogP contribution >= 0.6 is 0 Å². The number of aryl methyl sites for hydroxylation is 1. The average molecular weight is 283 g/mol. The third kappa shape index (κ3) is 4.98. The molecular formula is C15H25NO4. The number of carbonyl (C=O) groups excluding carboxylic acids is 1. The summed E-state index contributed by atoms with van der Waals surface area (Å²) in [5, 5.41) is 3.35. The first kappa shape index (κ1) is 16.7. The predicted octanol–water partition coefficient (Wildman–Crippen LogP) is 2.53. The Hall–Kier alpha value is -1.33. The summed E-state index contributed by atoms with van der Waals surface area (Å²) < 4.78 is 15.3. The zero-order valence-corrected chi connectivity index (χ0v) is 13.0. The van der Waals surface area contributed by atoms with E-state index in [1.807, 2.05) is 0 Å². The van der Waals surface area contributed by atoms with E-state index in [0.717, 1.165) is 25.3 Å². The van der Waals surface area contributed by atoms with Gasteiger partial charge >= 0.3 is 5.97 Å². The van der Waals surface area contributed by atoms with E-state index in [1.165, 1.54) is 7.11 Å². The van der Waals surface area contributed by atoms with Gasteiger partial charge in [0.05, 0.1) is 13.7 Å². The van der Waals surface area contributed by atoms with E-state index < -0.39 is 0 Å². The van der Waals surface area contributed by atoms with Crippen LogP contribution in [-0.2, 0) is 16.0 Å². The Morgan fingerprint density at radius 2 is 2.10 bits per heavy atom. The SMILES string of the molecule is COCCC(C)(C)CNCc1cc(C(=O)OC)c(C)o1. The second kappa shape index (κ2) is 7.45. The minimum atomic E-state index is -0.363. The smallest absolute Gasteiger partial charge is 0.341 e. The Kier molecular flexibility index (Phi) is 6.23. The van der Waals surface area contributed by atoms with Gasteiger partial charge in [0.25, 0.3) is 0 Å². The molecule has 0 saturated heterocycles. The summed E-state index contributed by atoms with van der Waals surface area (Å²) in [7, 11) is 3.08. The molecule has 0 aliphatic carbocycles. The van der Waals surface area contributed by atoms with E-state index in [1.54, 1.807) is 20.1 Å². The maximum atomic E-state index is 11.5. The van der Waals surface area contributed by atoms with Crippen LogP contribution in [0.1, 0.15) is 42.1 Å². The van der Waals surface area contributed by atoms with Crippen LogP contribution in [0.25, 0.3) is 0 Å². The van der Waals surface area contributed by atoms with Crippen molar-refractivity contribution in [1.29, 1.82) is 0 Å². The number of rotatable bonds is 8. The Bertz CT molecular complexity index is 437. The summed E-state index contributed by atoms with van der Waals surface area (Å²) in [5.41, 5.74) is 0.644. The normalized spacial score (nSPS) is 11.7. The van der Waals surface area contributed by atoms with Crippen molar-refractivity contribution in [3.8, 4) is 0 Å². The highest BCUT2D eigenvalue weighted by Gasteiger charge is 2.18. The highest BCUT2D eigenvalue weighted by atomic mass is 16.5. The summed E-state index contributed by atoms with van der Waals surface area (Å²) in [6.07, 6.45) is 0.987. The molecule has 1 heterocycles. The van der Waals surface area contributed by atoms with Gasteiger partial charge in [0.1, 0.15) is 17.1 Å². The molecule has 1 N–H and O–H groups in total. The van der Waals surface area contributed by atoms with E-state index in [0.29, 0.717) is 17.9 Å². The van der Waals surface area contributed by atoms with E-state index in [2.05, 4.69) is 19.2 Å². The summed E-state index contributed by atoms with van der Waals surface area (Å²) in [6, 6.07) is 1.73. The fourth-order valence-corrected chi connectivity index (χ4v) is 1.93. The van der Waals surface area contributed by atoms with E-state index in [4.69, 9.17) is 13.9 Å². The number of ether oxygens (including phenoxy) is 2. The maximum Gasteiger partial charge on any atom is 0.341 e. The van der Waals surface area contributed by atoms with Crippen LogP contribution in [0.3, 0.4) is 0 Å². The summed E-state index contributed by atoms with van der Waals surface area (Å²) in [6.45, 7) is 8.33. The van der Waals surface area contributed by atoms with Gasteiger partial charge in [-0.2, -0.15) is 0 Å². The van der Waals surface area contributed by atoms with Gasteiger partial charge in [-0.05, 0) is 24.8 Å². The Labute approximate surface area is 120 Å². The number of methoxy groups -OCH3 is 2. The summed E-state index contributed by atoms with van der Waals surface area (Å²) in [4.78, 5) is 11.5. The van der Waals surface area contributed by atoms with Crippen molar-refractivity contribution in [3.63, 3.8) is 0 Å². The lowest BCUT2D eigenvalue weighted by Crippen LogP contribution is -2.30. The number of esters is 1. The second-order valence-corrected chi connectivity index (χ2v) is 5.68. The number of carbonyl (C=O) groups is 1. The molecule has 0 bridgehead atoms. The lowest BCUT2D eigenvalue weighted by atomic mass is 9.90. The lowest BCUT2D eigenvalue weighted by Gasteiger charge is -2.24. The van der Waals surface area contributed by atoms with Crippen molar-refractivity contribution >= 4 is 5.97 Å². The molecule has 0 spiro atoms. The molecule has 0 fully saturated rings. The zero-order valence-electron chi connectivity index (χ0n) is 13.0. The number of nitrogens with one attached hydrogen (secondary N) is 1. The molecule has 5 heteroatoms. The number of hydrogen-bond acceptors (Lipinski definition) is 5. The monoisotopic (exact) mass is 283 g/mol. The quantitative estimate of drug-likeness (QED) is 0.743. The van der Waals surface area contributed by atoms with Gasteiger partial charge in [-0.15, -0.1) is 0 Å². The Balaban J connectivity index is 2.48. The summed E-state index contributed by atoms with van der Waals surface area (Å²) in [5.74, 6) is 0.968. The van der Waals surface area contributed by atoms with Crippen molar-refractivity contribution in [2.24, 2.45) is 5.41 Å². The van der Waals surface area contributed by atoms with Gasteiger partial charge in [-0.1, -0.05) is 13.8 Å². The molecule has 0 radical (unpaired) electrons. The molecule has 0 saturated carbocycles. The molecule has 0 aliphatic rings. The molecule has 0 aromatic carbocycles. The molecule has 0 atom stereocenters. The second-order valence-electron chi connectivity index (χ2n) is 5.68. The summed E-state index contributed by atoms with van der Waals surface area (Å²) >= 11 is 0. The standard InChI is InChI=1S/C15H25NO4/c1-11-13(14(17)19-5)8-12(20-11)9-16-10-15(2,3)6-7-18-4/h8,16H,6-7,9-10H2,1-5H3. The Morgan fingerprint density at radius 1 is 1.40 bits per heavy atom. The van der Waals surface area contributed by atoms with Crippen molar-refractivity contribution in [2.45, 2.75) is 33.7 Å². The van der Waals surface area contributed by atoms with Crippen LogP contribution in [-0.4, -0.2) is 33.3 Å². The van der Waals surface area contributed by atoms with Crippen molar-refractivity contribution in [1.82, 2.24) is 5.32 Å². The third-order valence-electron chi connectivity index (χ3n) is 3.26. The number of furan rings is 1. The minimum absolute atomic E-state index is 0.156. The fourth-order valence-electron chi connectivity index (χ4n) is 1.93. The van der Waals surface area contributed by atoms with Crippen molar-refractivity contribution < 1.29 is 18.7 Å². The van der Waals surface area contributed by atoms with Gasteiger partial charge in [0, 0.05) is 20.3 Å². The molecule has 1 aromatic rings. The highest BCUT2D eigenvalue weighted by Crippen LogP contribution is 2.20. The molecular weight excluding hydrogens is 258 g/mol. The topological polar surface area (TPSA) is 60.7 Å². The van der Waals surface area contributed by atoms with Gasteiger partial charge in [-0.25, -0.2) is 4.79 Å². The van der Waals surface area contributed by atoms with Crippen LogP contribution < -0.4 is 5.32 Å². The molecule has 0 unspecified atom stereocenters. The predicted molar refractivity (Wildman–Crippen MR) is 76.8 cm³/mol. The first-order chi connectivity index (χ1) is 9.39. The fraction of sp³-hybridized carbons (Fsp3) is 0.667. The van der Waals surface area contributed by atoms with Crippen LogP contribution in [0.5, 0.6) is 0 Å². The largest absolute Gasteiger partial charge is 0.465 e. The third-order valence-corrected chi connectivity index (χ3v) is 3.26. The molecule has 5 nitrogen and oxygen atoms in total. The highest BCUT2D eigenvalue weighted by molar-refractivity contribution is 5.90. The number of hydrogen-bond donors (Lipinski definition) is 1. The molecule has 0 amide bonds. The van der Waals surface area contributed by atoms with Gasteiger partial charge in [0.15, 0.2) is 0 Å². The van der Waals surface area contributed by atoms with Crippen LogP contribution in [0, 0.1) is 12.3 Å². The lowest BCUT2D eigenvalue weighted by molar-refractivity contribution is 0.0599. The van der Waals surface area contributed by atoms with Crippen LogP contribution in [0.15, 0.2) is 10.5 Å². The van der Waals surface area contributed by atoms with Crippen molar-refractivity contribution in [2.75, 3.05) is 27.4 Å². The average Bonchev–Trinajstić information content (AvgIpc) is 2.76. The zero-order chi connectivity index (χ0) is 15.2. The maximum absolute atomic E-state index is 11.5. The van der Waals surface area contributed by atoms with E-state index >= 15 is 0 Å². The first-order valence-electron chi connectivity index (χ1n) is 6.77. The molecule has 114 valence electrons. The molecule has 1 rings (SSSR count). The van der Waals surface area contributed by atoms with E-state index in [-0.39, 0.29) is 11.4 Å². The van der Waals surface area contributed by atoms with Gasteiger partial charge in [0.2, 0.25) is 0 Å². The molecule has 0 aliphatic heterocycles. The minimum Gasteiger partial charge on any atom is -0.465 e.